The Morgan fingerprint density at radius 2 is 1.75 bits per heavy atom. The van der Waals surface area contributed by atoms with Crippen molar-refractivity contribution >= 4 is 6.09 Å². The highest BCUT2D eigenvalue weighted by Crippen LogP contribution is 2.38. The summed E-state index contributed by atoms with van der Waals surface area (Å²) in [6.07, 6.45) is 1.31. The molecule has 2 unspecified atom stereocenters. The fourth-order valence-corrected chi connectivity index (χ4v) is 2.74. The smallest absolute Gasteiger partial charge is 0.410 e. The van der Waals surface area contributed by atoms with Gasteiger partial charge in [0.05, 0.1) is 6.10 Å². The van der Waals surface area contributed by atoms with Crippen molar-refractivity contribution in [2.75, 3.05) is 13.1 Å². The molecule has 4 heteroatoms. The van der Waals surface area contributed by atoms with E-state index in [0.717, 1.165) is 25.9 Å². The molecule has 0 aromatic carbocycles. The zero-order chi connectivity index (χ0) is 11.9. The number of fused-ring (bicyclic) bond motifs is 1. The van der Waals surface area contributed by atoms with E-state index in [-0.39, 0.29) is 12.2 Å². The molecule has 1 saturated heterocycles. The second kappa shape index (κ2) is 3.91. The van der Waals surface area contributed by atoms with Crippen LogP contribution >= 0.6 is 0 Å². The minimum Gasteiger partial charge on any atom is -0.444 e. The van der Waals surface area contributed by atoms with Crippen LogP contribution in [0.3, 0.4) is 0 Å². The summed E-state index contributed by atoms with van der Waals surface area (Å²) in [6.45, 7) is 7.13. The summed E-state index contributed by atoms with van der Waals surface area (Å²) >= 11 is 0. The molecule has 16 heavy (non-hydrogen) atoms. The zero-order valence-electron chi connectivity index (χ0n) is 10.3. The Hall–Kier alpha value is -0.770. The second-order valence-electron chi connectivity index (χ2n) is 6.03. The van der Waals surface area contributed by atoms with Gasteiger partial charge in [-0.15, -0.1) is 0 Å². The number of aliphatic hydroxyl groups excluding tert-OH is 1. The SMILES string of the molecule is CC(C)(C)OC(=O)N1CC2CC(O)CC2C1. The van der Waals surface area contributed by atoms with Crippen molar-refractivity contribution in [2.24, 2.45) is 11.8 Å². The van der Waals surface area contributed by atoms with E-state index in [1.165, 1.54) is 0 Å². The lowest BCUT2D eigenvalue weighted by molar-refractivity contribution is 0.0269. The molecule has 0 aromatic heterocycles. The predicted molar refractivity (Wildman–Crippen MR) is 60.0 cm³/mol. The molecular formula is C12H21NO3. The third-order valence-electron chi connectivity index (χ3n) is 3.38. The van der Waals surface area contributed by atoms with Crippen LogP contribution < -0.4 is 0 Å². The molecule has 0 bridgehead atoms. The van der Waals surface area contributed by atoms with Crippen LogP contribution in [-0.4, -0.2) is 40.9 Å². The molecule has 1 saturated carbocycles. The van der Waals surface area contributed by atoms with E-state index in [1.807, 2.05) is 20.8 Å². The van der Waals surface area contributed by atoms with Gasteiger partial charge in [0, 0.05) is 13.1 Å². The number of rotatable bonds is 0. The maximum atomic E-state index is 11.8. The second-order valence-corrected chi connectivity index (χ2v) is 6.03. The van der Waals surface area contributed by atoms with Crippen molar-refractivity contribution in [1.29, 1.82) is 0 Å². The van der Waals surface area contributed by atoms with Crippen molar-refractivity contribution < 1.29 is 14.6 Å². The first-order chi connectivity index (χ1) is 7.35. The Morgan fingerprint density at radius 3 is 2.19 bits per heavy atom. The van der Waals surface area contributed by atoms with E-state index in [0.29, 0.717) is 11.8 Å². The van der Waals surface area contributed by atoms with Gasteiger partial charge in [0.25, 0.3) is 0 Å². The van der Waals surface area contributed by atoms with Crippen LogP contribution in [0.15, 0.2) is 0 Å². The molecule has 4 nitrogen and oxygen atoms in total. The third kappa shape index (κ3) is 2.48. The van der Waals surface area contributed by atoms with Gasteiger partial charge in [-0.2, -0.15) is 0 Å². The summed E-state index contributed by atoms with van der Waals surface area (Å²) in [7, 11) is 0. The Labute approximate surface area is 96.6 Å². The summed E-state index contributed by atoms with van der Waals surface area (Å²) in [4.78, 5) is 13.6. The van der Waals surface area contributed by atoms with Crippen molar-refractivity contribution in [3.05, 3.63) is 0 Å². The zero-order valence-corrected chi connectivity index (χ0v) is 10.3. The maximum Gasteiger partial charge on any atom is 0.410 e. The Kier molecular flexibility index (Phi) is 2.86. The van der Waals surface area contributed by atoms with E-state index in [9.17, 15) is 9.90 Å². The summed E-state index contributed by atoms with van der Waals surface area (Å²) in [5.41, 5.74) is -0.422. The molecule has 2 atom stereocenters. The first-order valence-electron chi connectivity index (χ1n) is 6.01. The highest BCUT2D eigenvalue weighted by Gasteiger charge is 2.42. The van der Waals surface area contributed by atoms with Gasteiger partial charge in [0.1, 0.15) is 5.60 Å². The molecule has 0 spiro atoms. The number of hydrogen-bond donors (Lipinski definition) is 1. The summed E-state index contributed by atoms with van der Waals surface area (Å²) < 4.78 is 5.34. The van der Waals surface area contributed by atoms with Gasteiger partial charge in [-0.25, -0.2) is 4.79 Å². The molecule has 1 N–H and O–H groups in total. The molecule has 1 amide bonds. The molecule has 92 valence electrons. The number of amides is 1. The lowest BCUT2D eigenvalue weighted by atomic mass is 10.0. The fourth-order valence-electron chi connectivity index (χ4n) is 2.74. The number of hydrogen-bond acceptors (Lipinski definition) is 3. The number of nitrogens with zero attached hydrogens (tertiary/aromatic N) is 1. The molecule has 0 radical (unpaired) electrons. The van der Waals surface area contributed by atoms with Crippen molar-refractivity contribution in [1.82, 2.24) is 4.90 Å². The Balaban J connectivity index is 1.88. The standard InChI is InChI=1S/C12H21NO3/c1-12(2,3)16-11(15)13-6-8-4-10(14)5-9(8)7-13/h8-10,14H,4-7H2,1-3H3. The average Bonchev–Trinajstić information content (AvgIpc) is 2.56. The highest BCUT2D eigenvalue weighted by molar-refractivity contribution is 5.68. The normalized spacial score (nSPS) is 34.0. The van der Waals surface area contributed by atoms with Crippen LogP contribution in [0.2, 0.25) is 0 Å². The Bertz CT molecular complexity index is 270. The van der Waals surface area contributed by atoms with Crippen molar-refractivity contribution in [3.8, 4) is 0 Å². The van der Waals surface area contributed by atoms with Crippen molar-refractivity contribution in [2.45, 2.75) is 45.3 Å². The third-order valence-corrected chi connectivity index (χ3v) is 3.38. The van der Waals surface area contributed by atoms with E-state index in [4.69, 9.17) is 4.74 Å². The minimum absolute atomic E-state index is 0.157. The van der Waals surface area contributed by atoms with Gasteiger partial charge in [-0.1, -0.05) is 0 Å². The van der Waals surface area contributed by atoms with Crippen molar-refractivity contribution in [3.63, 3.8) is 0 Å². The highest BCUT2D eigenvalue weighted by atomic mass is 16.6. The fraction of sp³-hybridized carbons (Fsp3) is 0.917. The number of ether oxygens (including phenoxy) is 1. The molecule has 1 aliphatic heterocycles. The molecule has 2 aliphatic rings. The van der Waals surface area contributed by atoms with Crippen LogP contribution in [0.4, 0.5) is 4.79 Å². The Morgan fingerprint density at radius 1 is 1.25 bits per heavy atom. The molecule has 2 fully saturated rings. The van der Waals surface area contributed by atoms with Crippen LogP contribution in [-0.2, 0) is 4.74 Å². The van der Waals surface area contributed by atoms with Gasteiger partial charge in [-0.3, -0.25) is 0 Å². The monoisotopic (exact) mass is 227 g/mol. The summed E-state index contributed by atoms with van der Waals surface area (Å²) in [5, 5.41) is 9.51. The number of carbonyl (C=O) groups excluding carboxylic acids is 1. The topological polar surface area (TPSA) is 49.8 Å². The van der Waals surface area contributed by atoms with Crippen LogP contribution in [0.25, 0.3) is 0 Å². The lowest BCUT2D eigenvalue weighted by Crippen LogP contribution is -2.36. The van der Waals surface area contributed by atoms with Crippen LogP contribution in [0, 0.1) is 11.8 Å². The molecular weight excluding hydrogens is 206 g/mol. The van der Waals surface area contributed by atoms with E-state index >= 15 is 0 Å². The van der Waals surface area contributed by atoms with Gasteiger partial charge in [0.15, 0.2) is 0 Å². The number of carbonyl (C=O) groups is 1. The van der Waals surface area contributed by atoms with E-state index in [1.54, 1.807) is 4.90 Å². The van der Waals surface area contributed by atoms with Crippen LogP contribution in [0.5, 0.6) is 0 Å². The van der Waals surface area contributed by atoms with E-state index in [2.05, 4.69) is 0 Å². The van der Waals surface area contributed by atoms with Gasteiger partial charge >= 0.3 is 6.09 Å². The van der Waals surface area contributed by atoms with Gasteiger partial charge in [0.2, 0.25) is 0 Å². The average molecular weight is 227 g/mol. The molecule has 0 aromatic rings. The largest absolute Gasteiger partial charge is 0.444 e. The van der Waals surface area contributed by atoms with E-state index < -0.39 is 5.60 Å². The van der Waals surface area contributed by atoms with Crippen LogP contribution in [0.1, 0.15) is 33.6 Å². The van der Waals surface area contributed by atoms with Gasteiger partial charge in [-0.05, 0) is 45.4 Å². The summed E-state index contributed by atoms with van der Waals surface area (Å²) in [6, 6.07) is 0. The molecule has 2 rings (SSSR count). The van der Waals surface area contributed by atoms with Gasteiger partial charge < -0.3 is 14.7 Å². The molecule has 1 heterocycles. The minimum atomic E-state index is -0.422. The summed E-state index contributed by atoms with van der Waals surface area (Å²) in [5.74, 6) is 0.949. The lowest BCUT2D eigenvalue weighted by Gasteiger charge is -2.25. The first kappa shape index (κ1) is 11.7. The maximum absolute atomic E-state index is 11.8. The number of aliphatic hydroxyl groups is 1. The first-order valence-corrected chi connectivity index (χ1v) is 6.01. The molecule has 1 aliphatic carbocycles. The quantitative estimate of drug-likeness (QED) is 0.684. The number of likely N-dealkylation sites (tertiary alicyclic amines) is 1. The predicted octanol–water partition coefficient (Wildman–Crippen LogP) is 1.62.